The molecule has 1 aromatic heterocycles. The Morgan fingerprint density at radius 3 is 2.65 bits per heavy atom. The zero-order valence-corrected chi connectivity index (χ0v) is 14.7. The van der Waals surface area contributed by atoms with Crippen LogP contribution in [0.15, 0.2) is 53.0 Å². The van der Waals surface area contributed by atoms with Gasteiger partial charge in [0.15, 0.2) is 5.78 Å². The minimum absolute atomic E-state index is 0.138. The monoisotopic (exact) mass is 376 g/mol. The molecule has 0 atom stereocenters. The molecular formula is C19H10BBrOS. The van der Waals surface area contributed by atoms with Crippen LogP contribution >= 0.6 is 27.3 Å². The molecule has 23 heavy (non-hydrogen) atoms. The SMILES string of the molecule is Bc1ccc2c(c1)C(=O)c1cc(Br)c3c(sc4ccccc43)c1-2. The number of thiophene rings is 1. The molecule has 1 nitrogen and oxygen atoms in total. The van der Waals surface area contributed by atoms with Crippen molar-refractivity contribution in [1.29, 1.82) is 0 Å². The molecule has 1 aliphatic carbocycles. The second kappa shape index (κ2) is 4.56. The fraction of sp³-hybridized carbons (Fsp3) is 0. The number of rotatable bonds is 0. The number of carbonyl (C=O) groups is 1. The Labute approximate surface area is 146 Å². The maximum atomic E-state index is 12.8. The highest BCUT2D eigenvalue weighted by Gasteiger charge is 2.30. The van der Waals surface area contributed by atoms with Crippen LogP contribution in [0.4, 0.5) is 0 Å². The molecule has 0 bridgehead atoms. The van der Waals surface area contributed by atoms with E-state index in [0.717, 1.165) is 32.2 Å². The molecular weight excluding hydrogens is 367 g/mol. The standard InChI is InChI=1S/C19H10BBrOS/c20-9-5-6-10-12(7-9)18(22)13-8-14(21)17-11-3-1-2-4-15(11)23-19(17)16(10)13/h1-8H,20H2. The summed E-state index contributed by atoms with van der Waals surface area (Å²) in [6, 6.07) is 16.6. The lowest BCUT2D eigenvalue weighted by atomic mass is 9.92. The van der Waals surface area contributed by atoms with Crippen LogP contribution < -0.4 is 5.46 Å². The molecule has 108 valence electrons. The van der Waals surface area contributed by atoms with Crippen molar-refractivity contribution in [3.8, 4) is 11.1 Å². The van der Waals surface area contributed by atoms with Gasteiger partial charge in [0.25, 0.3) is 0 Å². The molecule has 0 radical (unpaired) electrons. The van der Waals surface area contributed by atoms with Crippen molar-refractivity contribution in [2.75, 3.05) is 0 Å². The van der Waals surface area contributed by atoms with Crippen molar-refractivity contribution >= 4 is 66.5 Å². The molecule has 4 heteroatoms. The van der Waals surface area contributed by atoms with Gasteiger partial charge in [0.2, 0.25) is 0 Å². The van der Waals surface area contributed by atoms with Gasteiger partial charge in [-0.15, -0.1) is 11.3 Å². The van der Waals surface area contributed by atoms with Crippen LogP contribution in [0.5, 0.6) is 0 Å². The highest BCUT2D eigenvalue weighted by Crippen LogP contribution is 2.48. The minimum Gasteiger partial charge on any atom is -0.289 e. The van der Waals surface area contributed by atoms with E-state index in [4.69, 9.17) is 0 Å². The summed E-state index contributed by atoms with van der Waals surface area (Å²) in [6.07, 6.45) is 0. The van der Waals surface area contributed by atoms with E-state index in [9.17, 15) is 4.79 Å². The lowest BCUT2D eigenvalue weighted by Gasteiger charge is -2.04. The smallest absolute Gasteiger partial charge is 0.194 e. The number of hydrogen-bond donors (Lipinski definition) is 0. The molecule has 1 aliphatic rings. The van der Waals surface area contributed by atoms with Gasteiger partial charge in [-0.2, -0.15) is 0 Å². The Hall–Kier alpha value is -1.91. The summed E-state index contributed by atoms with van der Waals surface area (Å²) in [6.45, 7) is 0. The molecule has 0 amide bonds. The third-order valence-corrected chi connectivity index (χ3v) is 6.35. The van der Waals surface area contributed by atoms with E-state index in [1.165, 1.54) is 20.2 Å². The minimum atomic E-state index is 0.138. The van der Waals surface area contributed by atoms with Crippen LogP contribution in [0.25, 0.3) is 31.3 Å². The van der Waals surface area contributed by atoms with Gasteiger partial charge in [0.1, 0.15) is 7.85 Å². The highest BCUT2D eigenvalue weighted by atomic mass is 79.9. The van der Waals surface area contributed by atoms with E-state index < -0.39 is 0 Å². The fourth-order valence-electron chi connectivity index (χ4n) is 3.51. The van der Waals surface area contributed by atoms with Gasteiger partial charge < -0.3 is 0 Å². The molecule has 3 aromatic carbocycles. The van der Waals surface area contributed by atoms with Crippen molar-refractivity contribution < 1.29 is 4.79 Å². The summed E-state index contributed by atoms with van der Waals surface area (Å²) in [5.74, 6) is 0.138. The van der Waals surface area contributed by atoms with E-state index in [1.807, 2.05) is 20.0 Å². The van der Waals surface area contributed by atoms with Crippen molar-refractivity contribution in [2.24, 2.45) is 0 Å². The van der Waals surface area contributed by atoms with E-state index in [1.54, 1.807) is 11.3 Å². The Kier molecular flexibility index (Phi) is 2.68. The summed E-state index contributed by atoms with van der Waals surface area (Å²) in [7, 11) is 2.03. The van der Waals surface area contributed by atoms with Crippen molar-refractivity contribution in [2.45, 2.75) is 0 Å². The van der Waals surface area contributed by atoms with Gasteiger partial charge in [-0.25, -0.2) is 0 Å². The average Bonchev–Trinajstić information content (AvgIpc) is 3.05. The number of benzene rings is 3. The largest absolute Gasteiger partial charge is 0.289 e. The zero-order valence-electron chi connectivity index (χ0n) is 12.3. The molecule has 0 aliphatic heterocycles. The fourth-order valence-corrected chi connectivity index (χ4v) is 5.57. The topological polar surface area (TPSA) is 17.1 Å². The normalized spacial score (nSPS) is 12.8. The Morgan fingerprint density at radius 2 is 1.78 bits per heavy atom. The van der Waals surface area contributed by atoms with Gasteiger partial charge in [0.05, 0.1) is 0 Å². The van der Waals surface area contributed by atoms with Crippen molar-refractivity contribution in [3.63, 3.8) is 0 Å². The Morgan fingerprint density at radius 1 is 0.957 bits per heavy atom. The lowest BCUT2D eigenvalue weighted by molar-refractivity contribution is 0.104. The van der Waals surface area contributed by atoms with E-state index in [-0.39, 0.29) is 5.78 Å². The number of fused-ring (bicyclic) bond motifs is 7. The van der Waals surface area contributed by atoms with Gasteiger partial charge in [0, 0.05) is 41.3 Å². The first kappa shape index (κ1) is 13.5. The maximum Gasteiger partial charge on any atom is 0.194 e. The first-order chi connectivity index (χ1) is 11.1. The molecule has 0 fully saturated rings. The molecule has 0 saturated carbocycles. The second-order valence-corrected chi connectivity index (χ2v) is 7.87. The summed E-state index contributed by atoms with van der Waals surface area (Å²) in [4.78, 5) is 12.8. The highest BCUT2D eigenvalue weighted by molar-refractivity contribution is 9.10. The maximum absolute atomic E-state index is 12.8. The molecule has 0 saturated heterocycles. The van der Waals surface area contributed by atoms with Crippen LogP contribution in [0.1, 0.15) is 15.9 Å². The second-order valence-electron chi connectivity index (χ2n) is 5.96. The zero-order chi connectivity index (χ0) is 15.7. The number of hydrogen-bond acceptors (Lipinski definition) is 2. The van der Waals surface area contributed by atoms with Crippen molar-refractivity contribution in [3.05, 3.63) is 64.1 Å². The van der Waals surface area contributed by atoms with E-state index in [0.29, 0.717) is 0 Å². The lowest BCUT2D eigenvalue weighted by Crippen LogP contribution is -2.05. The predicted octanol–water partition coefficient (Wildman–Crippen LogP) is 4.29. The molecule has 0 N–H and O–H groups in total. The van der Waals surface area contributed by atoms with E-state index in [2.05, 4.69) is 52.3 Å². The van der Waals surface area contributed by atoms with Crippen LogP contribution in [0.2, 0.25) is 0 Å². The molecule has 0 spiro atoms. The Bertz CT molecular complexity index is 1160. The quantitative estimate of drug-likeness (QED) is 0.368. The van der Waals surface area contributed by atoms with Gasteiger partial charge >= 0.3 is 0 Å². The Balaban J connectivity index is 2.02. The van der Waals surface area contributed by atoms with Crippen LogP contribution in [-0.4, -0.2) is 13.6 Å². The van der Waals surface area contributed by atoms with Crippen LogP contribution in [-0.2, 0) is 0 Å². The molecule has 1 heterocycles. The average molecular weight is 377 g/mol. The third-order valence-electron chi connectivity index (χ3n) is 4.54. The van der Waals surface area contributed by atoms with Crippen LogP contribution in [0, 0.1) is 0 Å². The number of halogens is 1. The summed E-state index contributed by atoms with van der Waals surface area (Å²) in [5.41, 5.74) is 4.94. The molecule has 4 aromatic rings. The summed E-state index contributed by atoms with van der Waals surface area (Å²) >= 11 is 5.46. The molecule has 5 rings (SSSR count). The van der Waals surface area contributed by atoms with Gasteiger partial charge in [-0.05, 0) is 17.7 Å². The van der Waals surface area contributed by atoms with E-state index >= 15 is 0 Å². The molecule has 0 unspecified atom stereocenters. The van der Waals surface area contributed by atoms with Gasteiger partial charge in [-0.1, -0.05) is 57.8 Å². The number of carbonyl (C=O) groups excluding carboxylic acids is 1. The summed E-state index contributed by atoms with van der Waals surface area (Å²) < 4.78 is 3.46. The van der Waals surface area contributed by atoms with Crippen LogP contribution in [0.3, 0.4) is 0 Å². The predicted molar refractivity (Wildman–Crippen MR) is 104 cm³/mol. The van der Waals surface area contributed by atoms with Gasteiger partial charge in [-0.3, -0.25) is 4.79 Å². The van der Waals surface area contributed by atoms with Crippen molar-refractivity contribution in [1.82, 2.24) is 0 Å². The summed E-state index contributed by atoms with van der Waals surface area (Å²) in [5, 5.41) is 2.46. The number of ketones is 1. The third kappa shape index (κ3) is 1.71. The first-order valence-corrected chi connectivity index (χ1v) is 9.05. The first-order valence-electron chi connectivity index (χ1n) is 7.44.